The summed E-state index contributed by atoms with van der Waals surface area (Å²) in [5.74, 6) is 0.289. The van der Waals surface area contributed by atoms with Crippen molar-refractivity contribution < 1.29 is 13.9 Å². The van der Waals surface area contributed by atoms with E-state index in [4.69, 9.17) is 4.74 Å². The Balaban J connectivity index is 1.83. The van der Waals surface area contributed by atoms with Gasteiger partial charge in [0, 0.05) is 12.2 Å². The highest BCUT2D eigenvalue weighted by Gasteiger charge is 2.08. The Bertz CT molecular complexity index is 644. The van der Waals surface area contributed by atoms with Gasteiger partial charge in [-0.2, -0.15) is 0 Å². The van der Waals surface area contributed by atoms with Crippen molar-refractivity contribution in [2.75, 3.05) is 25.5 Å². The van der Waals surface area contributed by atoms with E-state index in [9.17, 15) is 9.18 Å². The molecule has 2 aromatic rings. The number of benzene rings is 2. The molecule has 0 aromatic heterocycles. The molecule has 5 heteroatoms. The van der Waals surface area contributed by atoms with E-state index in [1.54, 1.807) is 12.1 Å². The lowest BCUT2D eigenvalue weighted by Gasteiger charge is -2.16. The van der Waals surface area contributed by atoms with Gasteiger partial charge in [-0.15, -0.1) is 0 Å². The van der Waals surface area contributed by atoms with Crippen LogP contribution in [0.5, 0.6) is 5.75 Å². The first-order valence-electron chi connectivity index (χ1n) is 7.52. The number of amides is 1. The van der Waals surface area contributed by atoms with Crippen molar-refractivity contribution >= 4 is 11.6 Å². The van der Waals surface area contributed by atoms with E-state index in [0.717, 1.165) is 11.3 Å². The number of anilines is 1. The minimum atomic E-state index is -0.370. The molecule has 0 aliphatic carbocycles. The molecule has 0 spiro atoms. The van der Waals surface area contributed by atoms with E-state index in [1.807, 2.05) is 43.1 Å². The second kappa shape index (κ2) is 8.29. The molecule has 0 heterocycles. The first kappa shape index (κ1) is 17.0. The first-order valence-corrected chi connectivity index (χ1v) is 7.52. The Hall–Kier alpha value is -2.40. The van der Waals surface area contributed by atoms with Crippen LogP contribution in [0.2, 0.25) is 0 Å². The molecule has 0 fully saturated rings. The molecule has 1 N–H and O–H groups in total. The summed E-state index contributed by atoms with van der Waals surface area (Å²) in [5, 5.41) is 2.68. The van der Waals surface area contributed by atoms with Crippen LogP contribution >= 0.6 is 0 Å². The van der Waals surface area contributed by atoms with E-state index in [0.29, 0.717) is 18.8 Å². The minimum Gasteiger partial charge on any atom is -0.494 e. The molecule has 0 unspecified atom stereocenters. The fraction of sp³-hybridized carbons (Fsp3) is 0.278. The molecule has 2 aromatic carbocycles. The normalized spacial score (nSPS) is 10.6. The topological polar surface area (TPSA) is 41.6 Å². The van der Waals surface area contributed by atoms with Crippen LogP contribution in [0.3, 0.4) is 0 Å². The van der Waals surface area contributed by atoms with Crippen molar-refractivity contribution in [2.24, 2.45) is 0 Å². The molecule has 0 saturated heterocycles. The predicted molar refractivity (Wildman–Crippen MR) is 89.0 cm³/mol. The van der Waals surface area contributed by atoms with Gasteiger partial charge in [0.05, 0.1) is 13.2 Å². The molecule has 4 nitrogen and oxygen atoms in total. The summed E-state index contributed by atoms with van der Waals surface area (Å²) < 4.78 is 18.5. The van der Waals surface area contributed by atoms with Crippen molar-refractivity contribution in [3.8, 4) is 5.75 Å². The van der Waals surface area contributed by atoms with Crippen LogP contribution in [0, 0.1) is 5.82 Å². The number of hydrogen-bond acceptors (Lipinski definition) is 3. The highest BCUT2D eigenvalue weighted by molar-refractivity contribution is 5.92. The Morgan fingerprint density at radius 2 is 1.96 bits per heavy atom. The maximum atomic E-state index is 13.1. The van der Waals surface area contributed by atoms with Crippen molar-refractivity contribution in [3.05, 3.63) is 59.9 Å². The molecule has 0 aliphatic heterocycles. The number of halogens is 1. The van der Waals surface area contributed by atoms with Crippen LogP contribution in [-0.2, 0) is 11.3 Å². The number of nitrogens with zero attached hydrogens (tertiary/aromatic N) is 1. The molecule has 1 amide bonds. The molecule has 0 saturated carbocycles. The van der Waals surface area contributed by atoms with Crippen molar-refractivity contribution in [1.82, 2.24) is 4.90 Å². The van der Waals surface area contributed by atoms with Gasteiger partial charge in [-0.1, -0.05) is 18.2 Å². The van der Waals surface area contributed by atoms with E-state index >= 15 is 0 Å². The standard InChI is InChI=1S/C18H21FN2O2/c1-3-23-17-9-7-14(8-10-17)12-21(2)13-18(22)20-16-6-4-5-15(19)11-16/h4-11H,3,12-13H2,1-2H3,(H,20,22). The van der Waals surface area contributed by atoms with Crippen LogP contribution in [0.1, 0.15) is 12.5 Å². The zero-order valence-corrected chi connectivity index (χ0v) is 13.4. The number of carbonyl (C=O) groups is 1. The van der Waals surface area contributed by atoms with Crippen LogP contribution in [-0.4, -0.2) is 31.0 Å². The van der Waals surface area contributed by atoms with E-state index in [2.05, 4.69) is 5.32 Å². The molecular weight excluding hydrogens is 295 g/mol. The molecule has 23 heavy (non-hydrogen) atoms. The molecule has 0 bridgehead atoms. The van der Waals surface area contributed by atoms with Crippen molar-refractivity contribution in [3.63, 3.8) is 0 Å². The fourth-order valence-corrected chi connectivity index (χ4v) is 2.24. The highest BCUT2D eigenvalue weighted by atomic mass is 19.1. The van der Waals surface area contributed by atoms with Gasteiger partial charge in [0.1, 0.15) is 11.6 Å². The summed E-state index contributed by atoms with van der Waals surface area (Å²) in [6.07, 6.45) is 0. The third kappa shape index (κ3) is 5.71. The maximum Gasteiger partial charge on any atom is 0.238 e. The summed E-state index contributed by atoms with van der Waals surface area (Å²) in [7, 11) is 1.86. The zero-order valence-electron chi connectivity index (χ0n) is 13.4. The second-order valence-corrected chi connectivity index (χ2v) is 5.31. The third-order valence-corrected chi connectivity index (χ3v) is 3.21. The number of nitrogens with one attached hydrogen (secondary N) is 1. The highest BCUT2D eigenvalue weighted by Crippen LogP contribution is 2.13. The SMILES string of the molecule is CCOc1ccc(CN(C)CC(=O)Nc2cccc(F)c2)cc1. The summed E-state index contributed by atoms with van der Waals surface area (Å²) in [4.78, 5) is 13.9. The van der Waals surface area contributed by atoms with Crippen molar-refractivity contribution in [1.29, 1.82) is 0 Å². The van der Waals surface area contributed by atoms with Crippen LogP contribution in [0.4, 0.5) is 10.1 Å². The quantitative estimate of drug-likeness (QED) is 0.852. The Kier molecular flexibility index (Phi) is 6.11. The average molecular weight is 316 g/mol. The lowest BCUT2D eigenvalue weighted by atomic mass is 10.2. The monoisotopic (exact) mass is 316 g/mol. The summed E-state index contributed by atoms with van der Waals surface area (Å²) in [5.41, 5.74) is 1.55. The van der Waals surface area contributed by atoms with Gasteiger partial charge in [-0.3, -0.25) is 9.69 Å². The van der Waals surface area contributed by atoms with Crippen molar-refractivity contribution in [2.45, 2.75) is 13.5 Å². The molecule has 0 radical (unpaired) electrons. The summed E-state index contributed by atoms with van der Waals surface area (Å²) in [6, 6.07) is 13.6. The van der Waals surface area contributed by atoms with Crippen LogP contribution in [0.15, 0.2) is 48.5 Å². The number of carbonyl (C=O) groups excluding carboxylic acids is 1. The molecule has 122 valence electrons. The van der Waals surface area contributed by atoms with Gasteiger partial charge in [0.15, 0.2) is 0 Å². The third-order valence-electron chi connectivity index (χ3n) is 3.21. The number of likely N-dealkylation sites (N-methyl/N-ethyl adjacent to an activating group) is 1. The smallest absolute Gasteiger partial charge is 0.238 e. The minimum absolute atomic E-state index is 0.177. The average Bonchev–Trinajstić information content (AvgIpc) is 2.49. The van der Waals surface area contributed by atoms with Gasteiger partial charge in [0.25, 0.3) is 0 Å². The Morgan fingerprint density at radius 3 is 2.61 bits per heavy atom. The molecular formula is C18H21FN2O2. The van der Waals surface area contributed by atoms with E-state index < -0.39 is 0 Å². The van der Waals surface area contributed by atoms with E-state index in [1.165, 1.54) is 12.1 Å². The van der Waals surface area contributed by atoms with Gasteiger partial charge in [-0.05, 0) is 49.9 Å². The zero-order chi connectivity index (χ0) is 16.7. The number of hydrogen-bond donors (Lipinski definition) is 1. The van der Waals surface area contributed by atoms with Gasteiger partial charge in [0.2, 0.25) is 5.91 Å². The molecule has 0 aliphatic rings. The molecule has 0 atom stereocenters. The fourth-order valence-electron chi connectivity index (χ4n) is 2.24. The number of ether oxygens (including phenoxy) is 1. The van der Waals surface area contributed by atoms with Gasteiger partial charge < -0.3 is 10.1 Å². The summed E-state index contributed by atoms with van der Waals surface area (Å²) >= 11 is 0. The lowest BCUT2D eigenvalue weighted by molar-refractivity contribution is -0.117. The van der Waals surface area contributed by atoms with Crippen LogP contribution in [0.25, 0.3) is 0 Å². The summed E-state index contributed by atoms with van der Waals surface area (Å²) in [6.45, 7) is 3.45. The second-order valence-electron chi connectivity index (χ2n) is 5.31. The first-order chi connectivity index (χ1) is 11.1. The van der Waals surface area contributed by atoms with Gasteiger partial charge >= 0.3 is 0 Å². The largest absolute Gasteiger partial charge is 0.494 e. The molecule has 2 rings (SSSR count). The Labute approximate surface area is 135 Å². The Morgan fingerprint density at radius 1 is 1.22 bits per heavy atom. The van der Waals surface area contributed by atoms with Crippen LogP contribution < -0.4 is 10.1 Å². The van der Waals surface area contributed by atoms with Gasteiger partial charge in [-0.25, -0.2) is 4.39 Å². The lowest BCUT2D eigenvalue weighted by Crippen LogP contribution is -2.29. The predicted octanol–water partition coefficient (Wildman–Crippen LogP) is 3.29. The maximum absolute atomic E-state index is 13.1. The number of rotatable bonds is 7. The van der Waals surface area contributed by atoms with E-state index in [-0.39, 0.29) is 18.3 Å².